The predicted molar refractivity (Wildman–Crippen MR) is 109 cm³/mol. The van der Waals surface area contributed by atoms with E-state index < -0.39 is 0 Å². The molecule has 0 saturated carbocycles. The smallest absolute Gasteiger partial charge is 0.263 e. The second-order valence-electron chi connectivity index (χ2n) is 6.58. The highest BCUT2D eigenvalue weighted by Crippen LogP contribution is 2.25. The molecular weight excluding hydrogens is 356 g/mol. The molecule has 1 aliphatic carbocycles. The number of para-hydroxylation sites is 2. The summed E-state index contributed by atoms with van der Waals surface area (Å²) < 4.78 is 10.7. The Bertz CT molecular complexity index is 806. The molecule has 0 aliphatic heterocycles. The van der Waals surface area contributed by atoms with Crippen molar-refractivity contribution in [2.24, 2.45) is 0 Å². The van der Waals surface area contributed by atoms with Gasteiger partial charge in [-0.25, -0.2) is 0 Å². The van der Waals surface area contributed by atoms with E-state index in [-0.39, 0.29) is 12.5 Å². The van der Waals surface area contributed by atoms with E-state index in [2.05, 4.69) is 26.9 Å². The van der Waals surface area contributed by atoms with Gasteiger partial charge in [0.2, 0.25) is 0 Å². The standard InChI is InChI=1S/C21H26N4O3/c1-27-17-9-5-6-10-18(17)28-15-21(26)23-20-12-11-19(24-25-20)22-14-13-16-7-3-2-4-8-16/h5-7,9-12H,2-4,8,13-15H2,1H3,(H,22,24)(H,23,25,26). The molecule has 0 atom stereocenters. The summed E-state index contributed by atoms with van der Waals surface area (Å²) in [5.41, 5.74) is 1.52. The molecule has 0 unspecified atom stereocenters. The number of ether oxygens (including phenoxy) is 2. The molecule has 0 bridgehead atoms. The van der Waals surface area contributed by atoms with Crippen molar-refractivity contribution in [1.29, 1.82) is 0 Å². The average molecular weight is 382 g/mol. The van der Waals surface area contributed by atoms with Crippen molar-refractivity contribution in [3.8, 4) is 11.5 Å². The van der Waals surface area contributed by atoms with E-state index in [0.29, 0.717) is 23.1 Å². The fraction of sp³-hybridized carbons (Fsp3) is 0.381. The quantitative estimate of drug-likeness (QED) is 0.642. The van der Waals surface area contributed by atoms with Gasteiger partial charge in [-0.05, 0) is 56.4 Å². The molecule has 7 heteroatoms. The number of methoxy groups -OCH3 is 1. The van der Waals surface area contributed by atoms with Gasteiger partial charge in [0.25, 0.3) is 5.91 Å². The lowest BCUT2D eigenvalue weighted by molar-refractivity contribution is -0.118. The van der Waals surface area contributed by atoms with Gasteiger partial charge in [0.15, 0.2) is 23.9 Å². The van der Waals surface area contributed by atoms with Crippen molar-refractivity contribution in [2.75, 3.05) is 30.9 Å². The van der Waals surface area contributed by atoms with Crippen LogP contribution in [0.2, 0.25) is 0 Å². The van der Waals surface area contributed by atoms with Gasteiger partial charge in [-0.15, -0.1) is 10.2 Å². The number of hydrogen-bond acceptors (Lipinski definition) is 6. The highest BCUT2D eigenvalue weighted by atomic mass is 16.5. The molecular formula is C21H26N4O3. The third-order valence-corrected chi connectivity index (χ3v) is 4.50. The van der Waals surface area contributed by atoms with Crippen LogP contribution in [0, 0.1) is 0 Å². The normalized spacial score (nSPS) is 13.4. The molecule has 0 radical (unpaired) electrons. The molecule has 2 N–H and O–H groups in total. The van der Waals surface area contributed by atoms with Crippen molar-refractivity contribution in [3.63, 3.8) is 0 Å². The predicted octanol–water partition coefficient (Wildman–Crippen LogP) is 3.81. The van der Waals surface area contributed by atoms with Crippen LogP contribution in [0.15, 0.2) is 48.0 Å². The minimum atomic E-state index is -0.315. The van der Waals surface area contributed by atoms with E-state index in [0.717, 1.165) is 13.0 Å². The summed E-state index contributed by atoms with van der Waals surface area (Å²) in [4.78, 5) is 12.1. The lowest BCUT2D eigenvalue weighted by Gasteiger charge is -2.13. The summed E-state index contributed by atoms with van der Waals surface area (Å²) in [6.07, 6.45) is 8.38. The van der Waals surface area contributed by atoms with E-state index in [1.807, 2.05) is 12.1 Å². The Morgan fingerprint density at radius 3 is 2.57 bits per heavy atom. The Labute approximate surface area is 165 Å². The summed E-state index contributed by atoms with van der Waals surface area (Å²) in [6.45, 7) is 0.691. The number of carbonyl (C=O) groups excluding carboxylic acids is 1. The molecule has 2 aromatic rings. The first-order chi connectivity index (χ1) is 13.7. The molecule has 0 saturated heterocycles. The van der Waals surface area contributed by atoms with Crippen LogP contribution in [-0.2, 0) is 4.79 Å². The van der Waals surface area contributed by atoms with E-state index >= 15 is 0 Å². The highest BCUT2D eigenvalue weighted by Gasteiger charge is 2.08. The summed E-state index contributed by atoms with van der Waals surface area (Å²) in [7, 11) is 1.56. The van der Waals surface area contributed by atoms with Gasteiger partial charge in [-0.1, -0.05) is 23.8 Å². The minimum absolute atomic E-state index is 0.142. The minimum Gasteiger partial charge on any atom is -0.493 e. The lowest BCUT2D eigenvalue weighted by Crippen LogP contribution is -2.21. The first kappa shape index (κ1) is 19.7. The van der Waals surface area contributed by atoms with Gasteiger partial charge in [-0.2, -0.15) is 0 Å². The maximum atomic E-state index is 12.1. The SMILES string of the molecule is COc1ccccc1OCC(=O)Nc1ccc(NCCC2=CCCCC2)nn1. The van der Waals surface area contributed by atoms with E-state index in [9.17, 15) is 4.79 Å². The molecule has 1 heterocycles. The summed E-state index contributed by atoms with van der Waals surface area (Å²) >= 11 is 0. The second kappa shape index (κ2) is 10.3. The van der Waals surface area contributed by atoms with Gasteiger partial charge in [0.1, 0.15) is 5.82 Å². The number of allylic oxidation sites excluding steroid dienone is 1. The summed E-state index contributed by atoms with van der Waals surface area (Å²) in [6, 6.07) is 10.7. The van der Waals surface area contributed by atoms with Crippen molar-refractivity contribution in [3.05, 3.63) is 48.0 Å². The second-order valence-corrected chi connectivity index (χ2v) is 6.58. The third-order valence-electron chi connectivity index (χ3n) is 4.50. The van der Waals surface area contributed by atoms with Crippen molar-refractivity contribution >= 4 is 17.5 Å². The van der Waals surface area contributed by atoms with Crippen molar-refractivity contribution < 1.29 is 14.3 Å². The number of amides is 1. The molecule has 0 spiro atoms. The van der Waals surface area contributed by atoms with Crippen molar-refractivity contribution in [1.82, 2.24) is 10.2 Å². The molecule has 148 valence electrons. The maximum absolute atomic E-state index is 12.1. The molecule has 1 amide bonds. The maximum Gasteiger partial charge on any atom is 0.263 e. The monoisotopic (exact) mass is 382 g/mol. The number of benzene rings is 1. The molecule has 1 aromatic heterocycles. The number of rotatable bonds is 9. The van der Waals surface area contributed by atoms with E-state index in [1.54, 1.807) is 31.4 Å². The van der Waals surface area contributed by atoms with Gasteiger partial charge in [-0.3, -0.25) is 4.79 Å². The van der Waals surface area contributed by atoms with Crippen LogP contribution in [0.3, 0.4) is 0 Å². The largest absolute Gasteiger partial charge is 0.493 e. The van der Waals surface area contributed by atoms with Crippen LogP contribution >= 0.6 is 0 Å². The van der Waals surface area contributed by atoms with Crippen molar-refractivity contribution in [2.45, 2.75) is 32.1 Å². The number of hydrogen-bond donors (Lipinski definition) is 2. The van der Waals surface area contributed by atoms with E-state index in [4.69, 9.17) is 9.47 Å². The number of aromatic nitrogens is 2. The molecule has 7 nitrogen and oxygen atoms in total. The van der Waals surface area contributed by atoms with Crippen LogP contribution in [-0.4, -0.2) is 36.4 Å². The Balaban J connectivity index is 1.42. The Morgan fingerprint density at radius 1 is 1.07 bits per heavy atom. The number of nitrogens with zero attached hydrogens (tertiary/aromatic N) is 2. The fourth-order valence-electron chi connectivity index (χ4n) is 3.04. The van der Waals surface area contributed by atoms with Crippen LogP contribution in [0.4, 0.5) is 11.6 Å². The lowest BCUT2D eigenvalue weighted by atomic mass is 9.97. The Morgan fingerprint density at radius 2 is 1.86 bits per heavy atom. The van der Waals surface area contributed by atoms with E-state index in [1.165, 1.54) is 31.3 Å². The summed E-state index contributed by atoms with van der Waals surface area (Å²) in [5.74, 6) is 1.85. The Kier molecular flexibility index (Phi) is 7.23. The number of nitrogens with one attached hydrogen (secondary N) is 2. The molecule has 1 aromatic carbocycles. The van der Waals surface area contributed by atoms with Crippen LogP contribution < -0.4 is 20.1 Å². The van der Waals surface area contributed by atoms with Gasteiger partial charge < -0.3 is 20.1 Å². The molecule has 0 fully saturated rings. The number of anilines is 2. The topological polar surface area (TPSA) is 85.4 Å². The van der Waals surface area contributed by atoms with Crippen LogP contribution in [0.1, 0.15) is 32.1 Å². The third kappa shape index (κ3) is 5.97. The van der Waals surface area contributed by atoms with Gasteiger partial charge in [0, 0.05) is 6.54 Å². The molecule has 1 aliphatic rings. The van der Waals surface area contributed by atoms with Crippen LogP contribution in [0.5, 0.6) is 11.5 Å². The molecule has 3 rings (SSSR count). The first-order valence-electron chi connectivity index (χ1n) is 9.56. The number of carbonyl (C=O) groups is 1. The summed E-state index contributed by atoms with van der Waals surface area (Å²) in [5, 5.41) is 14.1. The zero-order valence-corrected chi connectivity index (χ0v) is 16.1. The van der Waals surface area contributed by atoms with Crippen LogP contribution in [0.25, 0.3) is 0 Å². The van der Waals surface area contributed by atoms with Gasteiger partial charge in [0.05, 0.1) is 7.11 Å². The zero-order chi connectivity index (χ0) is 19.6. The fourth-order valence-corrected chi connectivity index (χ4v) is 3.04. The first-order valence-corrected chi connectivity index (χ1v) is 9.56. The highest BCUT2D eigenvalue weighted by molar-refractivity contribution is 5.90. The van der Waals surface area contributed by atoms with Gasteiger partial charge >= 0.3 is 0 Å². The average Bonchev–Trinajstić information content (AvgIpc) is 2.74. The Hall–Kier alpha value is -3.09. The molecule has 28 heavy (non-hydrogen) atoms. The zero-order valence-electron chi connectivity index (χ0n) is 16.1.